The molecule has 0 aliphatic carbocycles. The number of aromatic nitrogens is 2. The summed E-state index contributed by atoms with van der Waals surface area (Å²) in [5.74, 6) is 8.47. The summed E-state index contributed by atoms with van der Waals surface area (Å²) in [6.07, 6.45) is 17.8. The molecule has 4 aliphatic heterocycles. The normalized spacial score (nSPS) is 27.7. The van der Waals surface area contributed by atoms with Crippen LogP contribution in [0.4, 0.5) is 9.59 Å². The maximum absolute atomic E-state index is 12.6. The Morgan fingerprint density at radius 1 is 0.725 bits per heavy atom. The predicted molar refractivity (Wildman–Crippen MR) is 192 cm³/mol. The van der Waals surface area contributed by atoms with E-state index in [1.807, 2.05) is 63.5 Å². The lowest BCUT2D eigenvalue weighted by Gasteiger charge is -2.43. The third-order valence-corrected chi connectivity index (χ3v) is 10.2. The molecule has 6 heterocycles. The van der Waals surface area contributed by atoms with Gasteiger partial charge in [0.2, 0.25) is 0 Å². The topological polar surface area (TPSA) is 132 Å². The fraction of sp³-hybridized carbons (Fsp3) is 0.561. The summed E-state index contributed by atoms with van der Waals surface area (Å²) in [4.78, 5) is 37.4. The van der Waals surface area contributed by atoms with Crippen molar-refractivity contribution in [1.29, 1.82) is 10.5 Å². The first-order chi connectivity index (χ1) is 24.1. The van der Waals surface area contributed by atoms with Crippen molar-refractivity contribution in [2.45, 2.75) is 146 Å². The van der Waals surface area contributed by atoms with Gasteiger partial charge in [-0.1, -0.05) is 11.8 Å². The summed E-state index contributed by atoms with van der Waals surface area (Å²) in [6, 6.07) is 8.99. The Morgan fingerprint density at radius 2 is 1.10 bits per heavy atom. The van der Waals surface area contributed by atoms with Gasteiger partial charge in [-0.05, 0) is 123 Å². The average Bonchev–Trinajstić information content (AvgIpc) is 3.52. The number of fused-ring (bicyclic) bond motifs is 4. The second-order valence-electron chi connectivity index (χ2n) is 16.2. The number of piperidine rings is 2. The van der Waals surface area contributed by atoms with E-state index in [4.69, 9.17) is 15.9 Å². The minimum absolute atomic E-state index is 0.0164. The van der Waals surface area contributed by atoms with E-state index in [-0.39, 0.29) is 36.4 Å². The molecule has 4 aliphatic rings. The largest absolute Gasteiger partial charge is 0.444 e. The maximum atomic E-state index is 12.6. The summed E-state index contributed by atoms with van der Waals surface area (Å²) >= 11 is 0. The number of hydrogen-bond acceptors (Lipinski definition) is 8. The number of hydrogen-bond donors (Lipinski definition) is 0. The van der Waals surface area contributed by atoms with Crippen molar-refractivity contribution < 1.29 is 19.1 Å². The van der Waals surface area contributed by atoms with Gasteiger partial charge in [0.05, 0.1) is 23.0 Å². The van der Waals surface area contributed by atoms with Crippen LogP contribution >= 0.6 is 0 Å². The van der Waals surface area contributed by atoms with Crippen LogP contribution in [-0.2, 0) is 20.3 Å². The highest BCUT2D eigenvalue weighted by Crippen LogP contribution is 2.48. The molecule has 10 nitrogen and oxygen atoms in total. The van der Waals surface area contributed by atoms with E-state index >= 15 is 0 Å². The van der Waals surface area contributed by atoms with Crippen molar-refractivity contribution in [3.05, 3.63) is 59.2 Å². The SMILES string of the molecule is C#Cc1cncc(C2(C#N)C[C@H]3CC[C@@H](C2)N3C(=O)OC(C)(C)C)c1.CC#Cc1cncc(C2(C#N)C[C@H]3CC[C@@H](C2)N3C(=O)OC(C)(C)C)c1. The molecule has 4 bridgehead atoms. The summed E-state index contributed by atoms with van der Waals surface area (Å²) < 4.78 is 11.2. The predicted octanol–water partition coefficient (Wildman–Crippen LogP) is 7.16. The lowest BCUT2D eigenvalue weighted by Crippen LogP contribution is -2.52. The number of terminal acetylenes is 1. The fourth-order valence-electron chi connectivity index (χ4n) is 8.20. The van der Waals surface area contributed by atoms with Crippen LogP contribution in [0.25, 0.3) is 0 Å². The second kappa shape index (κ2) is 14.3. The number of carbonyl (C=O) groups is 2. The molecule has 6 rings (SSSR count). The first-order valence-electron chi connectivity index (χ1n) is 17.7. The Labute approximate surface area is 302 Å². The van der Waals surface area contributed by atoms with Gasteiger partial charge in [-0.3, -0.25) is 9.97 Å². The van der Waals surface area contributed by atoms with Crippen molar-refractivity contribution in [2.75, 3.05) is 0 Å². The molecule has 6 atom stereocenters. The molecule has 51 heavy (non-hydrogen) atoms. The van der Waals surface area contributed by atoms with Crippen molar-refractivity contribution >= 4 is 12.2 Å². The average molecular weight is 689 g/mol. The third-order valence-electron chi connectivity index (χ3n) is 10.2. The van der Waals surface area contributed by atoms with Gasteiger partial charge < -0.3 is 19.3 Å². The Kier molecular flexibility index (Phi) is 10.4. The monoisotopic (exact) mass is 688 g/mol. The molecule has 0 radical (unpaired) electrons. The Balaban J connectivity index is 0.000000198. The number of pyridine rings is 2. The maximum Gasteiger partial charge on any atom is 0.410 e. The highest BCUT2D eigenvalue weighted by atomic mass is 16.6. The lowest BCUT2D eigenvalue weighted by atomic mass is 9.71. The molecule has 2 amide bonds. The molecular formula is C41H48N6O4. The molecular weight excluding hydrogens is 640 g/mol. The number of nitriles is 2. The minimum atomic E-state index is -0.649. The number of nitrogens with zero attached hydrogens (tertiary/aromatic N) is 6. The van der Waals surface area contributed by atoms with Crippen LogP contribution in [0.5, 0.6) is 0 Å². The van der Waals surface area contributed by atoms with Gasteiger partial charge in [-0.2, -0.15) is 10.5 Å². The fourth-order valence-corrected chi connectivity index (χ4v) is 8.20. The summed E-state index contributed by atoms with van der Waals surface area (Å²) in [7, 11) is 0. The van der Waals surface area contributed by atoms with Crippen LogP contribution in [0.2, 0.25) is 0 Å². The number of ether oxygens (including phenoxy) is 2. The zero-order chi connectivity index (χ0) is 37.2. The van der Waals surface area contributed by atoms with E-state index in [1.54, 1.807) is 31.7 Å². The van der Waals surface area contributed by atoms with Crippen LogP contribution in [-0.4, -0.2) is 67.3 Å². The minimum Gasteiger partial charge on any atom is -0.444 e. The van der Waals surface area contributed by atoms with Gasteiger partial charge in [0.25, 0.3) is 0 Å². The van der Waals surface area contributed by atoms with Crippen LogP contribution in [0.1, 0.15) is 122 Å². The zero-order valence-corrected chi connectivity index (χ0v) is 30.8. The van der Waals surface area contributed by atoms with Crippen LogP contribution in [0.15, 0.2) is 36.9 Å². The van der Waals surface area contributed by atoms with Crippen LogP contribution in [0, 0.1) is 46.8 Å². The molecule has 4 fully saturated rings. The summed E-state index contributed by atoms with van der Waals surface area (Å²) in [6.45, 7) is 13.0. The standard InChI is InChI=1S/C21H25N3O2.C20H23N3O2/c1-5-6-15-9-16(13-23-12-15)21(14-22)10-17-7-8-18(11-21)24(17)19(25)26-20(2,3)4;1-5-14-8-15(12-22-11-14)20(13-21)9-16-6-7-17(10-20)23(16)18(24)25-19(2,3)4/h9,12-13,17-18H,7-8,10-11H2,1-4H3;1,8,11-12,16-17H,6-7,9-10H2,2-4H3/t17-,18+,21?;16-,17+,20?. The van der Waals surface area contributed by atoms with Gasteiger partial charge in [0.15, 0.2) is 0 Å². The van der Waals surface area contributed by atoms with Gasteiger partial charge >= 0.3 is 12.2 Å². The third kappa shape index (κ3) is 7.97. The van der Waals surface area contributed by atoms with E-state index in [1.165, 1.54) is 0 Å². The van der Waals surface area contributed by atoms with Crippen molar-refractivity contribution in [1.82, 2.24) is 19.8 Å². The Morgan fingerprint density at radius 3 is 1.43 bits per heavy atom. The van der Waals surface area contributed by atoms with Crippen molar-refractivity contribution in [3.8, 4) is 36.3 Å². The second-order valence-corrected chi connectivity index (χ2v) is 16.2. The molecule has 0 spiro atoms. The molecule has 4 saturated heterocycles. The van der Waals surface area contributed by atoms with E-state index in [0.29, 0.717) is 31.2 Å². The van der Waals surface area contributed by atoms with E-state index < -0.39 is 22.0 Å². The highest BCUT2D eigenvalue weighted by molar-refractivity contribution is 5.70. The Hall–Kier alpha value is -5.06. The van der Waals surface area contributed by atoms with Crippen LogP contribution < -0.4 is 0 Å². The molecule has 2 unspecified atom stereocenters. The molecule has 0 N–H and O–H groups in total. The first kappa shape index (κ1) is 37.2. The molecule has 0 saturated carbocycles. The first-order valence-corrected chi connectivity index (χ1v) is 17.7. The Bertz CT molecular complexity index is 1810. The zero-order valence-electron chi connectivity index (χ0n) is 30.8. The van der Waals surface area contributed by atoms with E-state index in [0.717, 1.165) is 42.4 Å². The van der Waals surface area contributed by atoms with Crippen molar-refractivity contribution in [3.63, 3.8) is 0 Å². The smallest absolute Gasteiger partial charge is 0.410 e. The molecule has 266 valence electrons. The quantitative estimate of drug-likeness (QED) is 0.304. The molecule has 0 aromatic carbocycles. The van der Waals surface area contributed by atoms with Gasteiger partial charge in [-0.25, -0.2) is 9.59 Å². The van der Waals surface area contributed by atoms with Gasteiger partial charge in [-0.15, -0.1) is 12.3 Å². The van der Waals surface area contributed by atoms with Gasteiger partial charge in [0, 0.05) is 60.1 Å². The highest BCUT2D eigenvalue weighted by Gasteiger charge is 2.53. The van der Waals surface area contributed by atoms with Gasteiger partial charge in [0.1, 0.15) is 11.2 Å². The molecule has 2 aromatic heterocycles. The van der Waals surface area contributed by atoms with E-state index in [2.05, 4.69) is 39.9 Å². The van der Waals surface area contributed by atoms with E-state index in [9.17, 15) is 20.1 Å². The summed E-state index contributed by atoms with van der Waals surface area (Å²) in [5, 5.41) is 20.0. The number of rotatable bonds is 2. The molecule has 10 heteroatoms. The number of carbonyl (C=O) groups excluding carboxylic acids is 2. The molecule has 2 aromatic rings. The summed E-state index contributed by atoms with van der Waals surface area (Å²) in [5.41, 5.74) is 0.943. The lowest BCUT2D eigenvalue weighted by molar-refractivity contribution is 0.00119. The van der Waals surface area contributed by atoms with Crippen LogP contribution in [0.3, 0.4) is 0 Å². The number of amides is 2. The van der Waals surface area contributed by atoms with Crippen molar-refractivity contribution in [2.24, 2.45) is 0 Å².